The van der Waals surface area contributed by atoms with Crippen LogP contribution in [0.1, 0.15) is 43.5 Å². The van der Waals surface area contributed by atoms with Gasteiger partial charge in [-0.3, -0.25) is 4.79 Å². The summed E-state index contributed by atoms with van der Waals surface area (Å²) in [6, 6.07) is 5.47. The van der Waals surface area contributed by atoms with Crippen LogP contribution < -0.4 is 9.47 Å². The van der Waals surface area contributed by atoms with Gasteiger partial charge in [0.1, 0.15) is 0 Å². The van der Waals surface area contributed by atoms with E-state index in [1.807, 2.05) is 17.0 Å². The van der Waals surface area contributed by atoms with Crippen molar-refractivity contribution in [1.82, 2.24) is 4.90 Å². The van der Waals surface area contributed by atoms with Crippen LogP contribution in [0, 0.1) is 0 Å². The second-order valence-corrected chi connectivity index (χ2v) is 5.00. The highest BCUT2D eigenvalue weighted by Crippen LogP contribution is 2.29. The second kappa shape index (κ2) is 7.17. The van der Waals surface area contributed by atoms with Gasteiger partial charge in [0, 0.05) is 18.7 Å². The Hall–Kier alpha value is -1.71. The highest BCUT2D eigenvalue weighted by Gasteiger charge is 2.22. The quantitative estimate of drug-likeness (QED) is 0.768. The molecule has 0 aliphatic carbocycles. The predicted octanol–water partition coefficient (Wildman–Crippen LogP) is 3.11. The van der Waals surface area contributed by atoms with Gasteiger partial charge in [0.25, 0.3) is 5.91 Å². The van der Waals surface area contributed by atoms with E-state index in [1.54, 1.807) is 6.07 Å². The maximum absolute atomic E-state index is 12.2. The number of rotatable bonds is 7. The van der Waals surface area contributed by atoms with E-state index in [0.29, 0.717) is 24.5 Å². The average Bonchev–Trinajstić information content (AvgIpc) is 2.41. The molecule has 1 aliphatic heterocycles. The monoisotopic (exact) mass is 277 g/mol. The lowest BCUT2D eigenvalue weighted by Crippen LogP contribution is -2.42. The van der Waals surface area contributed by atoms with Crippen LogP contribution in [-0.2, 0) is 0 Å². The molecule has 20 heavy (non-hydrogen) atoms. The molecule has 0 unspecified atom stereocenters. The average molecular weight is 277 g/mol. The molecule has 0 aromatic heterocycles. The van der Waals surface area contributed by atoms with Crippen molar-refractivity contribution in [2.45, 2.75) is 33.1 Å². The molecule has 0 atom stereocenters. The van der Waals surface area contributed by atoms with Crippen molar-refractivity contribution < 1.29 is 14.3 Å². The number of hydrogen-bond donors (Lipinski definition) is 0. The molecule has 0 radical (unpaired) electrons. The summed E-state index contributed by atoms with van der Waals surface area (Å²) in [4.78, 5) is 14.1. The summed E-state index contributed by atoms with van der Waals surface area (Å²) in [5, 5.41) is 0. The van der Waals surface area contributed by atoms with E-state index in [9.17, 15) is 4.79 Å². The smallest absolute Gasteiger partial charge is 0.253 e. The van der Waals surface area contributed by atoms with E-state index in [-0.39, 0.29) is 5.91 Å². The summed E-state index contributed by atoms with van der Waals surface area (Å²) >= 11 is 0. The largest absolute Gasteiger partial charge is 0.490 e. The topological polar surface area (TPSA) is 38.8 Å². The molecule has 1 heterocycles. The van der Waals surface area contributed by atoms with Gasteiger partial charge in [-0.05, 0) is 37.5 Å². The summed E-state index contributed by atoms with van der Waals surface area (Å²) in [6.45, 7) is 7.12. The van der Waals surface area contributed by atoms with Gasteiger partial charge in [-0.25, -0.2) is 0 Å². The number of carbonyl (C=O) groups is 1. The van der Waals surface area contributed by atoms with Gasteiger partial charge in [0.2, 0.25) is 0 Å². The number of likely N-dealkylation sites (tertiary alicyclic amines) is 1. The molecule has 0 N–H and O–H groups in total. The molecular formula is C16H23NO3. The van der Waals surface area contributed by atoms with E-state index in [4.69, 9.17) is 9.47 Å². The molecule has 1 saturated heterocycles. The van der Waals surface area contributed by atoms with Crippen molar-refractivity contribution in [2.75, 3.05) is 26.3 Å². The molecule has 0 bridgehead atoms. The Labute approximate surface area is 120 Å². The summed E-state index contributed by atoms with van der Waals surface area (Å²) in [5.74, 6) is 1.48. The fourth-order valence-electron chi connectivity index (χ4n) is 2.00. The second-order valence-electron chi connectivity index (χ2n) is 5.00. The van der Waals surface area contributed by atoms with Crippen molar-refractivity contribution in [2.24, 2.45) is 0 Å². The number of nitrogens with zero attached hydrogens (tertiary/aromatic N) is 1. The predicted molar refractivity (Wildman–Crippen MR) is 78.5 cm³/mol. The first-order valence-corrected chi connectivity index (χ1v) is 7.45. The Balaban J connectivity index is 2.15. The van der Waals surface area contributed by atoms with Crippen molar-refractivity contribution in [3.05, 3.63) is 23.8 Å². The van der Waals surface area contributed by atoms with Crippen LogP contribution in [0.25, 0.3) is 0 Å². The maximum Gasteiger partial charge on any atom is 0.253 e. The molecule has 1 aromatic carbocycles. The highest BCUT2D eigenvalue weighted by molar-refractivity contribution is 5.95. The molecule has 110 valence electrons. The third-order valence-electron chi connectivity index (χ3n) is 3.26. The van der Waals surface area contributed by atoms with Crippen LogP contribution in [0.5, 0.6) is 11.5 Å². The normalized spacial score (nSPS) is 13.8. The van der Waals surface area contributed by atoms with E-state index in [2.05, 4.69) is 13.8 Å². The third kappa shape index (κ3) is 3.44. The fraction of sp³-hybridized carbons (Fsp3) is 0.562. The minimum Gasteiger partial charge on any atom is -0.490 e. The zero-order valence-electron chi connectivity index (χ0n) is 12.4. The first-order chi connectivity index (χ1) is 9.76. The van der Waals surface area contributed by atoms with Crippen LogP contribution >= 0.6 is 0 Å². The number of carbonyl (C=O) groups excluding carboxylic acids is 1. The fourth-order valence-corrected chi connectivity index (χ4v) is 2.00. The SMILES string of the molecule is CCCOc1ccc(C(=O)N2CCC2)cc1OCCC. The Morgan fingerprint density at radius 3 is 2.30 bits per heavy atom. The molecule has 0 spiro atoms. The standard InChI is InChI=1S/C16H23NO3/c1-3-10-19-14-7-6-13(12-15(14)20-11-4-2)16(18)17-8-5-9-17/h6-7,12H,3-5,8-11H2,1-2H3. The molecule has 1 amide bonds. The van der Waals surface area contributed by atoms with Gasteiger partial charge in [0.15, 0.2) is 11.5 Å². The Kier molecular flexibility index (Phi) is 5.27. The molecular weight excluding hydrogens is 254 g/mol. The molecule has 4 nitrogen and oxygen atoms in total. The van der Waals surface area contributed by atoms with Crippen LogP contribution in [0.2, 0.25) is 0 Å². The lowest BCUT2D eigenvalue weighted by molar-refractivity contribution is 0.0651. The molecule has 2 rings (SSSR count). The molecule has 1 aromatic rings. The number of ether oxygens (including phenoxy) is 2. The van der Waals surface area contributed by atoms with E-state index >= 15 is 0 Å². The Bertz CT molecular complexity index is 455. The zero-order chi connectivity index (χ0) is 14.4. The van der Waals surface area contributed by atoms with Gasteiger partial charge >= 0.3 is 0 Å². The number of benzene rings is 1. The summed E-state index contributed by atoms with van der Waals surface area (Å²) in [7, 11) is 0. The van der Waals surface area contributed by atoms with Gasteiger partial charge in [-0.15, -0.1) is 0 Å². The van der Waals surface area contributed by atoms with Crippen molar-refractivity contribution in [1.29, 1.82) is 0 Å². The maximum atomic E-state index is 12.2. The van der Waals surface area contributed by atoms with Crippen LogP contribution in [0.4, 0.5) is 0 Å². The number of hydrogen-bond acceptors (Lipinski definition) is 3. The van der Waals surface area contributed by atoms with E-state index in [1.165, 1.54) is 0 Å². The molecule has 4 heteroatoms. The molecule has 0 saturated carbocycles. The number of amides is 1. The van der Waals surface area contributed by atoms with Gasteiger partial charge in [-0.2, -0.15) is 0 Å². The minimum absolute atomic E-state index is 0.0830. The van der Waals surface area contributed by atoms with Crippen molar-refractivity contribution >= 4 is 5.91 Å². The molecule has 1 aliphatic rings. The van der Waals surface area contributed by atoms with Gasteiger partial charge < -0.3 is 14.4 Å². The zero-order valence-corrected chi connectivity index (χ0v) is 12.4. The van der Waals surface area contributed by atoms with Gasteiger partial charge in [0.05, 0.1) is 13.2 Å². The first-order valence-electron chi connectivity index (χ1n) is 7.45. The van der Waals surface area contributed by atoms with E-state index < -0.39 is 0 Å². The van der Waals surface area contributed by atoms with Crippen molar-refractivity contribution in [3.8, 4) is 11.5 Å². The first kappa shape index (κ1) is 14.7. The van der Waals surface area contributed by atoms with Crippen LogP contribution in [-0.4, -0.2) is 37.1 Å². The summed E-state index contributed by atoms with van der Waals surface area (Å²) in [5.41, 5.74) is 0.680. The summed E-state index contributed by atoms with van der Waals surface area (Å²) in [6.07, 6.45) is 2.97. The van der Waals surface area contributed by atoms with Gasteiger partial charge in [-0.1, -0.05) is 13.8 Å². The molecule has 1 fully saturated rings. The highest BCUT2D eigenvalue weighted by atomic mass is 16.5. The lowest BCUT2D eigenvalue weighted by Gasteiger charge is -2.31. The Morgan fingerprint density at radius 1 is 1.10 bits per heavy atom. The van der Waals surface area contributed by atoms with Crippen LogP contribution in [0.3, 0.4) is 0 Å². The third-order valence-corrected chi connectivity index (χ3v) is 3.26. The lowest BCUT2D eigenvalue weighted by atomic mass is 10.1. The van der Waals surface area contributed by atoms with Crippen LogP contribution in [0.15, 0.2) is 18.2 Å². The van der Waals surface area contributed by atoms with Crippen molar-refractivity contribution in [3.63, 3.8) is 0 Å². The van der Waals surface area contributed by atoms with E-state index in [0.717, 1.165) is 38.1 Å². The minimum atomic E-state index is 0.0830. The summed E-state index contributed by atoms with van der Waals surface area (Å²) < 4.78 is 11.4. The Morgan fingerprint density at radius 2 is 1.75 bits per heavy atom.